The van der Waals surface area contributed by atoms with E-state index in [1.807, 2.05) is 0 Å². The van der Waals surface area contributed by atoms with E-state index >= 15 is 0 Å². The number of pyridine rings is 1. The standard InChI is InChI=1S/C16H12ClF4N/c1-3-13(17)15-9(2)6-11(8-22-15)10-4-5-14(18)12(7-10)16(19,20)21/h3-8H,1-2H3/b13-3+. The maximum absolute atomic E-state index is 13.3. The third-order valence-corrected chi connectivity index (χ3v) is 3.56. The molecule has 6 heteroatoms. The summed E-state index contributed by atoms with van der Waals surface area (Å²) in [6.07, 6.45) is -1.64. The van der Waals surface area contributed by atoms with Crippen LogP contribution in [0.3, 0.4) is 0 Å². The van der Waals surface area contributed by atoms with Crippen molar-refractivity contribution < 1.29 is 17.6 Å². The van der Waals surface area contributed by atoms with Crippen LogP contribution in [-0.4, -0.2) is 4.98 Å². The monoisotopic (exact) mass is 329 g/mol. The molecule has 0 aliphatic rings. The van der Waals surface area contributed by atoms with E-state index in [1.54, 1.807) is 26.0 Å². The zero-order valence-corrected chi connectivity index (χ0v) is 12.6. The van der Waals surface area contributed by atoms with E-state index in [9.17, 15) is 17.6 Å². The lowest BCUT2D eigenvalue weighted by Gasteiger charge is -2.11. The lowest BCUT2D eigenvalue weighted by atomic mass is 10.0. The van der Waals surface area contributed by atoms with Gasteiger partial charge in [0.1, 0.15) is 5.82 Å². The van der Waals surface area contributed by atoms with Crippen molar-refractivity contribution >= 4 is 16.6 Å². The van der Waals surface area contributed by atoms with Gasteiger partial charge in [0.15, 0.2) is 0 Å². The molecule has 2 aromatic rings. The van der Waals surface area contributed by atoms with Crippen LogP contribution in [0.25, 0.3) is 16.2 Å². The highest BCUT2D eigenvalue weighted by atomic mass is 35.5. The molecule has 0 atom stereocenters. The molecule has 22 heavy (non-hydrogen) atoms. The quantitative estimate of drug-likeness (QED) is 0.633. The number of hydrogen-bond acceptors (Lipinski definition) is 1. The second kappa shape index (κ2) is 6.08. The maximum Gasteiger partial charge on any atom is 0.419 e. The molecule has 0 aliphatic carbocycles. The van der Waals surface area contributed by atoms with Crippen molar-refractivity contribution in [2.24, 2.45) is 0 Å². The van der Waals surface area contributed by atoms with Crippen LogP contribution in [0.15, 0.2) is 36.5 Å². The molecule has 1 aromatic carbocycles. The lowest BCUT2D eigenvalue weighted by molar-refractivity contribution is -0.139. The minimum absolute atomic E-state index is 0.243. The molecule has 2 rings (SSSR count). The van der Waals surface area contributed by atoms with Crippen LogP contribution in [0, 0.1) is 12.7 Å². The Bertz CT molecular complexity index is 735. The second-order valence-corrected chi connectivity index (χ2v) is 5.13. The molecule has 0 fully saturated rings. The van der Waals surface area contributed by atoms with Gasteiger partial charge >= 0.3 is 6.18 Å². The summed E-state index contributed by atoms with van der Waals surface area (Å²) >= 11 is 6.00. The van der Waals surface area contributed by atoms with Crippen molar-refractivity contribution in [1.82, 2.24) is 4.98 Å². The predicted molar refractivity (Wildman–Crippen MR) is 78.9 cm³/mol. The Kier molecular flexibility index (Phi) is 4.56. The van der Waals surface area contributed by atoms with Crippen molar-refractivity contribution in [3.05, 3.63) is 59.2 Å². The van der Waals surface area contributed by atoms with Gasteiger partial charge in [-0.05, 0) is 43.2 Å². The summed E-state index contributed by atoms with van der Waals surface area (Å²) in [5.41, 5.74) is 0.697. The highest BCUT2D eigenvalue weighted by Crippen LogP contribution is 2.34. The molecule has 1 nitrogen and oxygen atoms in total. The molecule has 0 amide bonds. The van der Waals surface area contributed by atoms with Crippen LogP contribution in [0.4, 0.5) is 17.6 Å². The number of alkyl halides is 3. The normalized spacial score (nSPS) is 12.6. The number of aromatic nitrogens is 1. The number of allylic oxidation sites excluding steroid dienone is 1. The molecule has 0 saturated carbocycles. The first kappa shape index (κ1) is 16.5. The molecular formula is C16H12ClF4N. The number of halogens is 5. The van der Waals surface area contributed by atoms with E-state index in [2.05, 4.69) is 4.98 Å². The molecule has 0 spiro atoms. The number of nitrogens with zero attached hydrogens (tertiary/aromatic N) is 1. The van der Waals surface area contributed by atoms with Gasteiger partial charge in [0, 0.05) is 11.8 Å². The zero-order chi connectivity index (χ0) is 16.5. The highest BCUT2D eigenvalue weighted by molar-refractivity contribution is 6.48. The molecule has 116 valence electrons. The summed E-state index contributed by atoms with van der Waals surface area (Å²) in [5, 5.41) is 0.458. The van der Waals surface area contributed by atoms with E-state index in [0.29, 0.717) is 16.3 Å². The van der Waals surface area contributed by atoms with Gasteiger partial charge in [0.05, 0.1) is 16.3 Å². The largest absolute Gasteiger partial charge is 0.419 e. The zero-order valence-electron chi connectivity index (χ0n) is 11.8. The molecular weight excluding hydrogens is 318 g/mol. The fourth-order valence-corrected chi connectivity index (χ4v) is 2.24. The minimum Gasteiger partial charge on any atom is -0.254 e. The molecule has 0 radical (unpaired) electrons. The van der Waals surface area contributed by atoms with Gasteiger partial charge in [-0.15, -0.1) is 0 Å². The fraction of sp³-hybridized carbons (Fsp3) is 0.188. The van der Waals surface area contributed by atoms with Crippen molar-refractivity contribution in [3.63, 3.8) is 0 Å². The van der Waals surface area contributed by atoms with E-state index in [1.165, 1.54) is 12.3 Å². The smallest absolute Gasteiger partial charge is 0.254 e. The van der Waals surface area contributed by atoms with Gasteiger partial charge in [0.25, 0.3) is 0 Å². The second-order valence-electron chi connectivity index (χ2n) is 4.72. The number of aryl methyl sites for hydroxylation is 1. The van der Waals surface area contributed by atoms with Gasteiger partial charge < -0.3 is 0 Å². The summed E-state index contributed by atoms with van der Waals surface area (Å²) < 4.78 is 51.6. The maximum atomic E-state index is 13.3. The van der Waals surface area contributed by atoms with Crippen LogP contribution in [0.2, 0.25) is 0 Å². The molecule has 0 saturated heterocycles. The third-order valence-electron chi connectivity index (χ3n) is 3.16. The first-order chi connectivity index (χ1) is 10.2. The van der Waals surface area contributed by atoms with E-state index in [0.717, 1.165) is 17.7 Å². The molecule has 1 heterocycles. The lowest BCUT2D eigenvalue weighted by Crippen LogP contribution is -2.08. The first-order valence-electron chi connectivity index (χ1n) is 6.40. The number of benzene rings is 1. The van der Waals surface area contributed by atoms with Crippen LogP contribution in [0.5, 0.6) is 0 Å². The molecule has 0 unspecified atom stereocenters. The van der Waals surface area contributed by atoms with Gasteiger partial charge in [-0.25, -0.2) is 4.39 Å². The topological polar surface area (TPSA) is 12.9 Å². The summed E-state index contributed by atoms with van der Waals surface area (Å²) in [6, 6.07) is 4.54. The van der Waals surface area contributed by atoms with Gasteiger partial charge in [0.2, 0.25) is 0 Å². The van der Waals surface area contributed by atoms with E-state index in [-0.39, 0.29) is 5.56 Å². The van der Waals surface area contributed by atoms with Gasteiger partial charge in [-0.2, -0.15) is 13.2 Å². The summed E-state index contributed by atoms with van der Waals surface area (Å²) in [6.45, 7) is 3.51. The van der Waals surface area contributed by atoms with Crippen LogP contribution in [0.1, 0.15) is 23.7 Å². The minimum atomic E-state index is -4.74. The van der Waals surface area contributed by atoms with Crippen molar-refractivity contribution in [3.8, 4) is 11.1 Å². The van der Waals surface area contributed by atoms with Crippen LogP contribution in [-0.2, 0) is 6.18 Å². The van der Waals surface area contributed by atoms with Gasteiger partial charge in [-0.3, -0.25) is 4.98 Å². The van der Waals surface area contributed by atoms with Crippen molar-refractivity contribution in [2.75, 3.05) is 0 Å². The van der Waals surface area contributed by atoms with Crippen LogP contribution >= 0.6 is 11.6 Å². The molecule has 0 aliphatic heterocycles. The first-order valence-corrected chi connectivity index (χ1v) is 6.77. The Balaban J connectivity index is 2.52. The Morgan fingerprint density at radius 2 is 1.86 bits per heavy atom. The average molecular weight is 330 g/mol. The fourth-order valence-electron chi connectivity index (χ4n) is 2.04. The van der Waals surface area contributed by atoms with Gasteiger partial charge in [-0.1, -0.05) is 23.7 Å². The molecule has 0 bridgehead atoms. The Morgan fingerprint density at radius 3 is 2.41 bits per heavy atom. The number of hydrogen-bond donors (Lipinski definition) is 0. The highest BCUT2D eigenvalue weighted by Gasteiger charge is 2.34. The van der Waals surface area contributed by atoms with E-state index < -0.39 is 17.6 Å². The summed E-state index contributed by atoms with van der Waals surface area (Å²) in [7, 11) is 0. The Hall–Kier alpha value is -1.88. The summed E-state index contributed by atoms with van der Waals surface area (Å²) in [4.78, 5) is 4.16. The Morgan fingerprint density at radius 1 is 1.18 bits per heavy atom. The van der Waals surface area contributed by atoms with Crippen LogP contribution < -0.4 is 0 Å². The van der Waals surface area contributed by atoms with E-state index in [4.69, 9.17) is 11.6 Å². The summed E-state index contributed by atoms with van der Waals surface area (Å²) in [5.74, 6) is -1.30. The predicted octanol–water partition coefficient (Wildman–Crippen LogP) is 5.81. The number of rotatable bonds is 2. The van der Waals surface area contributed by atoms with Crippen molar-refractivity contribution in [2.45, 2.75) is 20.0 Å². The molecule has 0 N–H and O–H groups in total. The average Bonchev–Trinajstić information content (AvgIpc) is 2.45. The van der Waals surface area contributed by atoms with Crippen molar-refractivity contribution in [1.29, 1.82) is 0 Å². The Labute approximate surface area is 130 Å². The molecule has 1 aromatic heterocycles. The third kappa shape index (κ3) is 3.30. The SMILES string of the molecule is C/C=C(/Cl)c1ncc(-c2ccc(F)c(C(F)(F)F)c2)cc1C.